The molecular formula is C7H15NO2. The van der Waals surface area contributed by atoms with Gasteiger partial charge in [-0.05, 0) is 12.8 Å². The second-order valence-electron chi connectivity index (χ2n) is 2.79. The molecule has 2 atom stereocenters. The molecule has 0 amide bonds. The molecule has 1 rings (SSSR count). The number of piperidine rings is 1. The lowest BCUT2D eigenvalue weighted by Crippen LogP contribution is -2.43. The van der Waals surface area contributed by atoms with Crippen molar-refractivity contribution in [1.29, 1.82) is 0 Å². The Balaban J connectivity index is 2.13. The van der Waals surface area contributed by atoms with Crippen molar-refractivity contribution in [2.75, 3.05) is 20.3 Å². The molecule has 1 aliphatic rings. The van der Waals surface area contributed by atoms with Crippen LogP contribution in [0.4, 0.5) is 0 Å². The standard InChI is InChI=1S/C7H15NO2/c1-10-5-6-2-3-7(9)4-8-6/h6-9H,2-5H2,1H3. The molecule has 0 bridgehead atoms. The molecule has 3 nitrogen and oxygen atoms in total. The van der Waals surface area contributed by atoms with Gasteiger partial charge in [0.15, 0.2) is 0 Å². The Labute approximate surface area is 61.4 Å². The average Bonchev–Trinajstić information content (AvgIpc) is 1.95. The van der Waals surface area contributed by atoms with Gasteiger partial charge in [-0.3, -0.25) is 0 Å². The molecule has 2 N–H and O–H groups in total. The summed E-state index contributed by atoms with van der Waals surface area (Å²) in [6.45, 7) is 1.47. The molecule has 1 heterocycles. The minimum Gasteiger partial charge on any atom is -0.392 e. The monoisotopic (exact) mass is 145 g/mol. The van der Waals surface area contributed by atoms with E-state index in [9.17, 15) is 0 Å². The highest BCUT2D eigenvalue weighted by atomic mass is 16.5. The third-order valence-electron chi connectivity index (χ3n) is 1.86. The van der Waals surface area contributed by atoms with Crippen LogP contribution in [0.3, 0.4) is 0 Å². The largest absolute Gasteiger partial charge is 0.392 e. The van der Waals surface area contributed by atoms with E-state index in [2.05, 4.69) is 5.32 Å². The third kappa shape index (κ3) is 2.25. The maximum atomic E-state index is 9.09. The van der Waals surface area contributed by atoms with Crippen LogP contribution < -0.4 is 5.32 Å². The van der Waals surface area contributed by atoms with Crippen LogP contribution in [0.15, 0.2) is 0 Å². The van der Waals surface area contributed by atoms with E-state index in [0.717, 1.165) is 19.4 Å². The summed E-state index contributed by atoms with van der Waals surface area (Å²) >= 11 is 0. The number of hydrogen-bond donors (Lipinski definition) is 2. The van der Waals surface area contributed by atoms with Crippen molar-refractivity contribution < 1.29 is 9.84 Å². The van der Waals surface area contributed by atoms with Crippen molar-refractivity contribution in [3.63, 3.8) is 0 Å². The van der Waals surface area contributed by atoms with Gasteiger partial charge in [-0.1, -0.05) is 0 Å². The summed E-state index contributed by atoms with van der Waals surface area (Å²) in [5, 5.41) is 12.3. The SMILES string of the molecule is COCC1CCC(O)CN1. The Kier molecular flexibility index (Phi) is 3.12. The number of β-amino-alcohol motifs (C(OH)–C–C–N with tert-alkyl or cyclic N) is 1. The Hall–Kier alpha value is -0.120. The third-order valence-corrected chi connectivity index (χ3v) is 1.86. The molecular weight excluding hydrogens is 130 g/mol. The Morgan fingerprint density at radius 2 is 2.40 bits per heavy atom. The van der Waals surface area contributed by atoms with Crippen LogP contribution in [0.2, 0.25) is 0 Å². The fourth-order valence-electron chi connectivity index (χ4n) is 1.24. The molecule has 0 aromatic rings. The topological polar surface area (TPSA) is 41.5 Å². The van der Waals surface area contributed by atoms with Gasteiger partial charge >= 0.3 is 0 Å². The van der Waals surface area contributed by atoms with E-state index in [1.165, 1.54) is 0 Å². The summed E-state index contributed by atoms with van der Waals surface area (Å²) in [6.07, 6.45) is 1.78. The van der Waals surface area contributed by atoms with E-state index >= 15 is 0 Å². The molecule has 1 aliphatic heterocycles. The van der Waals surface area contributed by atoms with E-state index in [0.29, 0.717) is 12.6 Å². The van der Waals surface area contributed by atoms with E-state index in [4.69, 9.17) is 9.84 Å². The van der Waals surface area contributed by atoms with Gasteiger partial charge in [-0.25, -0.2) is 0 Å². The van der Waals surface area contributed by atoms with Gasteiger partial charge in [-0.2, -0.15) is 0 Å². The molecule has 2 unspecified atom stereocenters. The van der Waals surface area contributed by atoms with Crippen LogP contribution in [0.5, 0.6) is 0 Å². The number of aliphatic hydroxyl groups is 1. The van der Waals surface area contributed by atoms with Crippen molar-refractivity contribution in [3.05, 3.63) is 0 Å². The molecule has 0 spiro atoms. The maximum Gasteiger partial charge on any atom is 0.0665 e. The van der Waals surface area contributed by atoms with Crippen LogP contribution in [0.1, 0.15) is 12.8 Å². The van der Waals surface area contributed by atoms with Gasteiger partial charge in [0.2, 0.25) is 0 Å². The molecule has 1 fully saturated rings. The molecule has 10 heavy (non-hydrogen) atoms. The van der Waals surface area contributed by atoms with Gasteiger partial charge in [-0.15, -0.1) is 0 Å². The Morgan fingerprint density at radius 3 is 2.90 bits per heavy atom. The maximum absolute atomic E-state index is 9.09. The minimum absolute atomic E-state index is 0.145. The van der Waals surface area contributed by atoms with Gasteiger partial charge in [0.05, 0.1) is 12.7 Å². The fourth-order valence-corrected chi connectivity index (χ4v) is 1.24. The van der Waals surface area contributed by atoms with Crippen molar-refractivity contribution in [1.82, 2.24) is 5.32 Å². The van der Waals surface area contributed by atoms with Crippen LogP contribution in [-0.2, 0) is 4.74 Å². The van der Waals surface area contributed by atoms with E-state index in [1.54, 1.807) is 7.11 Å². The summed E-state index contributed by atoms with van der Waals surface area (Å²) in [5.74, 6) is 0. The van der Waals surface area contributed by atoms with Crippen LogP contribution in [0.25, 0.3) is 0 Å². The molecule has 0 aromatic carbocycles. The van der Waals surface area contributed by atoms with E-state index in [-0.39, 0.29) is 6.10 Å². The second-order valence-corrected chi connectivity index (χ2v) is 2.79. The van der Waals surface area contributed by atoms with Gasteiger partial charge in [0.1, 0.15) is 0 Å². The number of hydrogen-bond acceptors (Lipinski definition) is 3. The smallest absolute Gasteiger partial charge is 0.0665 e. The summed E-state index contributed by atoms with van der Waals surface area (Å²) in [7, 11) is 1.70. The first-order valence-corrected chi connectivity index (χ1v) is 3.73. The first-order chi connectivity index (χ1) is 4.83. The van der Waals surface area contributed by atoms with Gasteiger partial charge < -0.3 is 15.2 Å². The number of aliphatic hydroxyl groups excluding tert-OH is 1. The lowest BCUT2D eigenvalue weighted by Gasteiger charge is -2.26. The highest BCUT2D eigenvalue weighted by Crippen LogP contribution is 2.07. The highest BCUT2D eigenvalue weighted by Gasteiger charge is 2.17. The number of rotatable bonds is 2. The average molecular weight is 145 g/mol. The Bertz CT molecular complexity index is 89.6. The zero-order valence-corrected chi connectivity index (χ0v) is 6.34. The van der Waals surface area contributed by atoms with Crippen LogP contribution >= 0.6 is 0 Å². The van der Waals surface area contributed by atoms with Gasteiger partial charge in [0.25, 0.3) is 0 Å². The van der Waals surface area contributed by atoms with Crippen molar-refractivity contribution in [3.8, 4) is 0 Å². The van der Waals surface area contributed by atoms with Crippen LogP contribution in [-0.4, -0.2) is 37.5 Å². The first kappa shape index (κ1) is 7.98. The quantitative estimate of drug-likeness (QED) is 0.563. The molecule has 3 heteroatoms. The fraction of sp³-hybridized carbons (Fsp3) is 1.00. The number of methoxy groups -OCH3 is 1. The molecule has 0 aliphatic carbocycles. The lowest BCUT2D eigenvalue weighted by molar-refractivity contribution is 0.0933. The molecule has 0 saturated carbocycles. The van der Waals surface area contributed by atoms with Crippen molar-refractivity contribution in [2.45, 2.75) is 25.0 Å². The van der Waals surface area contributed by atoms with Crippen molar-refractivity contribution >= 4 is 0 Å². The lowest BCUT2D eigenvalue weighted by atomic mass is 10.0. The molecule has 1 saturated heterocycles. The van der Waals surface area contributed by atoms with E-state index in [1.807, 2.05) is 0 Å². The Morgan fingerprint density at radius 1 is 1.60 bits per heavy atom. The van der Waals surface area contributed by atoms with Crippen LogP contribution in [0, 0.1) is 0 Å². The minimum atomic E-state index is -0.145. The first-order valence-electron chi connectivity index (χ1n) is 3.73. The molecule has 0 aromatic heterocycles. The molecule has 0 radical (unpaired) electrons. The van der Waals surface area contributed by atoms with E-state index < -0.39 is 0 Å². The molecule has 60 valence electrons. The second kappa shape index (κ2) is 3.91. The predicted molar refractivity (Wildman–Crippen MR) is 38.9 cm³/mol. The zero-order valence-electron chi connectivity index (χ0n) is 6.34. The highest BCUT2D eigenvalue weighted by molar-refractivity contribution is 4.76. The normalized spacial score (nSPS) is 34.2. The summed E-state index contributed by atoms with van der Waals surface area (Å²) in [4.78, 5) is 0. The number of ether oxygens (including phenoxy) is 1. The zero-order chi connectivity index (χ0) is 7.40. The van der Waals surface area contributed by atoms with Gasteiger partial charge in [0, 0.05) is 19.7 Å². The summed E-state index contributed by atoms with van der Waals surface area (Å²) < 4.78 is 4.97. The summed E-state index contributed by atoms with van der Waals surface area (Å²) in [6, 6.07) is 0.452. The predicted octanol–water partition coefficient (Wildman–Crippen LogP) is -0.254. The number of nitrogens with one attached hydrogen (secondary N) is 1. The van der Waals surface area contributed by atoms with Crippen molar-refractivity contribution in [2.24, 2.45) is 0 Å². The summed E-state index contributed by atoms with van der Waals surface area (Å²) in [5.41, 5.74) is 0.